The minimum Gasteiger partial charge on any atom is -0.348 e. The summed E-state index contributed by atoms with van der Waals surface area (Å²) in [6.07, 6.45) is 1.15. The van der Waals surface area contributed by atoms with Crippen LogP contribution in [-0.4, -0.2) is 31.0 Å². The topological polar surface area (TPSA) is 27.6 Å². The first-order valence-corrected chi connectivity index (χ1v) is 5.88. The van der Waals surface area contributed by atoms with Gasteiger partial charge in [-0.25, -0.2) is 0 Å². The standard InChI is InChI=1S/C13H19N3/c1-3-9-16(2)13-14-10-12(15-13)11-7-5-4-6-8-11/h4-8,12H,3,9-10H2,1-2H3,(H,14,15). The number of rotatable bonds is 3. The van der Waals surface area contributed by atoms with E-state index >= 15 is 0 Å². The molecule has 0 saturated heterocycles. The van der Waals surface area contributed by atoms with Crippen molar-refractivity contribution < 1.29 is 0 Å². The predicted octanol–water partition coefficient (Wildman–Crippen LogP) is 2.03. The molecule has 2 rings (SSSR count). The van der Waals surface area contributed by atoms with Crippen LogP contribution in [0.1, 0.15) is 24.9 Å². The van der Waals surface area contributed by atoms with Gasteiger partial charge in [0.15, 0.2) is 5.96 Å². The van der Waals surface area contributed by atoms with Crippen LogP contribution in [-0.2, 0) is 0 Å². The van der Waals surface area contributed by atoms with Crippen LogP contribution in [0, 0.1) is 0 Å². The third-order valence-electron chi connectivity index (χ3n) is 2.85. The molecular weight excluding hydrogens is 198 g/mol. The first kappa shape index (κ1) is 11.0. The van der Waals surface area contributed by atoms with E-state index in [-0.39, 0.29) is 0 Å². The summed E-state index contributed by atoms with van der Waals surface area (Å²) in [5.74, 6) is 1.02. The van der Waals surface area contributed by atoms with Crippen LogP contribution in [0.25, 0.3) is 0 Å². The zero-order valence-corrected chi connectivity index (χ0v) is 9.98. The summed E-state index contributed by atoms with van der Waals surface area (Å²) >= 11 is 0. The molecule has 16 heavy (non-hydrogen) atoms. The average molecular weight is 217 g/mol. The van der Waals surface area contributed by atoms with Crippen molar-refractivity contribution in [3.63, 3.8) is 0 Å². The summed E-state index contributed by atoms with van der Waals surface area (Å²) in [4.78, 5) is 6.73. The van der Waals surface area contributed by atoms with Crippen molar-refractivity contribution in [2.45, 2.75) is 19.4 Å². The second kappa shape index (κ2) is 5.01. The smallest absolute Gasteiger partial charge is 0.194 e. The van der Waals surface area contributed by atoms with E-state index in [0.29, 0.717) is 6.04 Å². The largest absolute Gasteiger partial charge is 0.348 e. The number of nitrogens with zero attached hydrogens (tertiary/aromatic N) is 2. The van der Waals surface area contributed by atoms with E-state index in [1.54, 1.807) is 0 Å². The van der Waals surface area contributed by atoms with Crippen LogP contribution in [0.2, 0.25) is 0 Å². The fourth-order valence-electron chi connectivity index (χ4n) is 1.97. The molecule has 0 spiro atoms. The summed E-state index contributed by atoms with van der Waals surface area (Å²) in [5.41, 5.74) is 1.31. The normalized spacial score (nSPS) is 19.1. The molecule has 3 nitrogen and oxygen atoms in total. The Hall–Kier alpha value is -1.51. The lowest BCUT2D eigenvalue weighted by atomic mass is 10.1. The highest BCUT2D eigenvalue weighted by molar-refractivity contribution is 5.81. The van der Waals surface area contributed by atoms with Gasteiger partial charge in [-0.05, 0) is 12.0 Å². The van der Waals surface area contributed by atoms with Crippen LogP contribution < -0.4 is 5.32 Å². The molecule has 0 radical (unpaired) electrons. The van der Waals surface area contributed by atoms with E-state index < -0.39 is 0 Å². The number of hydrogen-bond donors (Lipinski definition) is 1. The Bertz CT molecular complexity index is 359. The van der Waals surface area contributed by atoms with Gasteiger partial charge in [-0.1, -0.05) is 37.3 Å². The van der Waals surface area contributed by atoms with Crippen molar-refractivity contribution in [1.29, 1.82) is 0 Å². The molecule has 0 bridgehead atoms. The van der Waals surface area contributed by atoms with Gasteiger partial charge < -0.3 is 10.2 Å². The number of guanidine groups is 1. The Balaban J connectivity index is 1.96. The summed E-state index contributed by atoms with van der Waals surface area (Å²) in [7, 11) is 2.09. The molecule has 3 heteroatoms. The van der Waals surface area contributed by atoms with Gasteiger partial charge in [0.05, 0.1) is 12.6 Å². The van der Waals surface area contributed by atoms with Gasteiger partial charge in [-0.15, -0.1) is 0 Å². The van der Waals surface area contributed by atoms with Gasteiger partial charge in [-0.2, -0.15) is 0 Å². The maximum Gasteiger partial charge on any atom is 0.194 e. The fraction of sp³-hybridized carbons (Fsp3) is 0.462. The number of aliphatic imine (C=N–C) groups is 1. The van der Waals surface area contributed by atoms with Crippen molar-refractivity contribution in [2.75, 3.05) is 20.1 Å². The molecule has 1 aromatic rings. The summed E-state index contributed by atoms with van der Waals surface area (Å²) in [6.45, 7) is 4.07. The molecule has 1 aliphatic rings. The lowest BCUT2D eigenvalue weighted by Crippen LogP contribution is -2.37. The Morgan fingerprint density at radius 2 is 2.12 bits per heavy atom. The molecule has 0 saturated carbocycles. The Labute approximate surface area is 97.2 Å². The maximum absolute atomic E-state index is 4.54. The van der Waals surface area contributed by atoms with Crippen LogP contribution in [0.15, 0.2) is 35.3 Å². The maximum atomic E-state index is 4.54. The number of nitrogens with one attached hydrogen (secondary N) is 1. The summed E-state index contributed by atoms with van der Waals surface area (Å²) in [5, 5.41) is 3.47. The molecule has 1 atom stereocenters. The molecule has 1 N–H and O–H groups in total. The summed E-state index contributed by atoms with van der Waals surface area (Å²) < 4.78 is 0. The highest BCUT2D eigenvalue weighted by atomic mass is 15.3. The van der Waals surface area contributed by atoms with E-state index in [0.717, 1.165) is 25.5 Å². The Morgan fingerprint density at radius 3 is 2.81 bits per heavy atom. The second-order valence-electron chi connectivity index (χ2n) is 4.19. The van der Waals surface area contributed by atoms with Gasteiger partial charge in [0.25, 0.3) is 0 Å². The minimum atomic E-state index is 0.343. The first-order chi connectivity index (χ1) is 7.81. The van der Waals surface area contributed by atoms with Crippen LogP contribution >= 0.6 is 0 Å². The highest BCUT2D eigenvalue weighted by Gasteiger charge is 2.20. The molecule has 0 aromatic heterocycles. The van der Waals surface area contributed by atoms with Crippen molar-refractivity contribution in [3.8, 4) is 0 Å². The number of benzene rings is 1. The van der Waals surface area contributed by atoms with Gasteiger partial charge in [0.1, 0.15) is 0 Å². The third-order valence-corrected chi connectivity index (χ3v) is 2.85. The average Bonchev–Trinajstić information content (AvgIpc) is 2.80. The fourth-order valence-corrected chi connectivity index (χ4v) is 1.97. The van der Waals surface area contributed by atoms with E-state index in [1.165, 1.54) is 5.56 Å². The van der Waals surface area contributed by atoms with Crippen molar-refractivity contribution in [3.05, 3.63) is 35.9 Å². The van der Waals surface area contributed by atoms with Gasteiger partial charge in [-0.3, -0.25) is 4.99 Å². The molecule has 1 aliphatic heterocycles. The zero-order valence-electron chi connectivity index (χ0n) is 9.98. The number of hydrogen-bond acceptors (Lipinski definition) is 3. The molecular formula is C13H19N3. The molecule has 0 amide bonds. The molecule has 0 fully saturated rings. The molecule has 0 aliphatic carbocycles. The van der Waals surface area contributed by atoms with Crippen LogP contribution in [0.4, 0.5) is 0 Å². The summed E-state index contributed by atoms with van der Waals surface area (Å²) in [6, 6.07) is 10.8. The molecule has 1 unspecified atom stereocenters. The lowest BCUT2D eigenvalue weighted by molar-refractivity contribution is 0.482. The van der Waals surface area contributed by atoms with Gasteiger partial charge in [0, 0.05) is 13.6 Å². The zero-order chi connectivity index (χ0) is 11.4. The predicted molar refractivity (Wildman–Crippen MR) is 67.5 cm³/mol. The van der Waals surface area contributed by atoms with Crippen molar-refractivity contribution in [2.24, 2.45) is 4.99 Å². The molecule has 86 valence electrons. The molecule has 1 heterocycles. The SMILES string of the molecule is CCCN(C)C1=NCC(c2ccccc2)N1. The second-order valence-corrected chi connectivity index (χ2v) is 4.19. The minimum absolute atomic E-state index is 0.343. The quantitative estimate of drug-likeness (QED) is 0.839. The van der Waals surface area contributed by atoms with E-state index in [9.17, 15) is 0 Å². The van der Waals surface area contributed by atoms with E-state index in [4.69, 9.17) is 0 Å². The Morgan fingerprint density at radius 1 is 1.38 bits per heavy atom. The van der Waals surface area contributed by atoms with Gasteiger partial charge >= 0.3 is 0 Å². The third kappa shape index (κ3) is 2.35. The van der Waals surface area contributed by atoms with E-state index in [2.05, 4.69) is 53.4 Å². The van der Waals surface area contributed by atoms with Crippen molar-refractivity contribution >= 4 is 5.96 Å². The lowest BCUT2D eigenvalue weighted by Gasteiger charge is -2.20. The Kier molecular flexibility index (Phi) is 3.44. The first-order valence-electron chi connectivity index (χ1n) is 5.88. The van der Waals surface area contributed by atoms with Crippen LogP contribution in [0.5, 0.6) is 0 Å². The van der Waals surface area contributed by atoms with Gasteiger partial charge in [0.2, 0.25) is 0 Å². The molecule has 1 aromatic carbocycles. The van der Waals surface area contributed by atoms with Crippen LogP contribution in [0.3, 0.4) is 0 Å². The van der Waals surface area contributed by atoms with Crippen molar-refractivity contribution in [1.82, 2.24) is 10.2 Å². The highest BCUT2D eigenvalue weighted by Crippen LogP contribution is 2.17. The monoisotopic (exact) mass is 217 g/mol. The van der Waals surface area contributed by atoms with E-state index in [1.807, 2.05) is 6.07 Å².